The molecule has 0 fully saturated rings. The standard InChI is InChI=1S/C15H14N2O3S/c1-12-4-2-3-5-15(12)21(18,19)17-13-6-8-14(9-7-13)20-11-10-16/h2-9,17H,11H2,1H3. The summed E-state index contributed by atoms with van der Waals surface area (Å²) < 4.78 is 32.2. The summed E-state index contributed by atoms with van der Waals surface area (Å²) in [7, 11) is -3.62. The van der Waals surface area contributed by atoms with Gasteiger partial charge in [-0.25, -0.2) is 8.42 Å². The Morgan fingerprint density at radius 3 is 2.43 bits per heavy atom. The molecule has 0 spiro atoms. The second-order valence-electron chi connectivity index (χ2n) is 4.34. The second-order valence-corrected chi connectivity index (χ2v) is 5.99. The third kappa shape index (κ3) is 3.74. The number of sulfonamides is 1. The van der Waals surface area contributed by atoms with Crippen molar-refractivity contribution in [2.45, 2.75) is 11.8 Å². The van der Waals surface area contributed by atoms with Crippen molar-refractivity contribution in [1.29, 1.82) is 5.26 Å². The van der Waals surface area contributed by atoms with Crippen LogP contribution in [0.4, 0.5) is 5.69 Å². The van der Waals surface area contributed by atoms with E-state index in [1.54, 1.807) is 55.5 Å². The number of anilines is 1. The maximum absolute atomic E-state index is 12.3. The molecule has 1 N–H and O–H groups in total. The Morgan fingerprint density at radius 1 is 1.14 bits per heavy atom. The fraction of sp³-hybridized carbons (Fsp3) is 0.133. The average molecular weight is 302 g/mol. The van der Waals surface area contributed by atoms with E-state index in [1.165, 1.54) is 0 Å². The molecule has 0 aromatic heterocycles. The van der Waals surface area contributed by atoms with E-state index < -0.39 is 10.0 Å². The third-order valence-corrected chi connectivity index (χ3v) is 4.33. The van der Waals surface area contributed by atoms with Crippen LogP contribution in [0.2, 0.25) is 0 Å². The van der Waals surface area contributed by atoms with Crippen molar-refractivity contribution in [3.8, 4) is 11.8 Å². The molecule has 0 aliphatic heterocycles. The van der Waals surface area contributed by atoms with Gasteiger partial charge in [0.1, 0.15) is 11.8 Å². The van der Waals surface area contributed by atoms with E-state index >= 15 is 0 Å². The highest BCUT2D eigenvalue weighted by molar-refractivity contribution is 7.92. The van der Waals surface area contributed by atoms with E-state index in [9.17, 15) is 8.42 Å². The van der Waals surface area contributed by atoms with Gasteiger partial charge >= 0.3 is 0 Å². The molecule has 0 bridgehead atoms. The zero-order chi connectivity index (χ0) is 15.3. The highest BCUT2D eigenvalue weighted by Gasteiger charge is 2.16. The minimum Gasteiger partial charge on any atom is -0.479 e. The van der Waals surface area contributed by atoms with Gasteiger partial charge in [0.05, 0.1) is 4.90 Å². The molecular weight excluding hydrogens is 288 g/mol. The van der Waals surface area contributed by atoms with E-state index in [-0.39, 0.29) is 11.5 Å². The zero-order valence-electron chi connectivity index (χ0n) is 11.4. The molecule has 0 aliphatic rings. The number of rotatable bonds is 5. The van der Waals surface area contributed by atoms with Crippen molar-refractivity contribution in [1.82, 2.24) is 0 Å². The number of benzene rings is 2. The number of nitrogens with zero attached hydrogens (tertiary/aromatic N) is 1. The van der Waals surface area contributed by atoms with Gasteiger partial charge in [-0.05, 0) is 42.8 Å². The van der Waals surface area contributed by atoms with Gasteiger partial charge in [-0.3, -0.25) is 4.72 Å². The third-order valence-electron chi connectivity index (χ3n) is 2.79. The van der Waals surface area contributed by atoms with Crippen LogP contribution in [0.3, 0.4) is 0 Å². The molecule has 0 unspecified atom stereocenters. The van der Waals surface area contributed by atoms with E-state index in [0.29, 0.717) is 17.0 Å². The quantitative estimate of drug-likeness (QED) is 0.921. The molecular formula is C15H14N2O3S. The van der Waals surface area contributed by atoms with Crippen LogP contribution in [0.5, 0.6) is 5.75 Å². The average Bonchev–Trinajstić information content (AvgIpc) is 2.46. The van der Waals surface area contributed by atoms with Gasteiger partial charge in [0.2, 0.25) is 0 Å². The molecule has 2 aromatic carbocycles. The summed E-state index contributed by atoms with van der Waals surface area (Å²) in [6.07, 6.45) is 0. The summed E-state index contributed by atoms with van der Waals surface area (Å²) >= 11 is 0. The monoisotopic (exact) mass is 302 g/mol. The maximum Gasteiger partial charge on any atom is 0.262 e. The van der Waals surface area contributed by atoms with Crippen LogP contribution in [0.15, 0.2) is 53.4 Å². The van der Waals surface area contributed by atoms with Crippen LogP contribution in [-0.2, 0) is 10.0 Å². The van der Waals surface area contributed by atoms with Gasteiger partial charge in [-0.2, -0.15) is 5.26 Å². The highest BCUT2D eigenvalue weighted by atomic mass is 32.2. The molecule has 0 amide bonds. The predicted octanol–water partition coefficient (Wildman–Crippen LogP) is 2.70. The zero-order valence-corrected chi connectivity index (χ0v) is 12.2. The lowest BCUT2D eigenvalue weighted by Gasteiger charge is -2.10. The van der Waals surface area contributed by atoms with Crippen molar-refractivity contribution >= 4 is 15.7 Å². The normalized spacial score (nSPS) is 10.7. The van der Waals surface area contributed by atoms with Gasteiger partial charge in [0, 0.05) is 5.69 Å². The van der Waals surface area contributed by atoms with Gasteiger partial charge < -0.3 is 4.74 Å². The molecule has 0 heterocycles. The lowest BCUT2D eigenvalue weighted by atomic mass is 10.2. The molecule has 5 nitrogen and oxygen atoms in total. The number of nitrogens with one attached hydrogen (secondary N) is 1. The Kier molecular flexibility index (Phi) is 4.45. The van der Waals surface area contributed by atoms with E-state index in [4.69, 9.17) is 10.00 Å². The molecule has 2 aromatic rings. The second kappa shape index (κ2) is 6.29. The topological polar surface area (TPSA) is 79.2 Å². The van der Waals surface area contributed by atoms with Crippen LogP contribution in [0.1, 0.15) is 5.56 Å². The SMILES string of the molecule is Cc1ccccc1S(=O)(=O)Nc1ccc(OCC#N)cc1. The first-order valence-corrected chi connectivity index (χ1v) is 7.69. The van der Waals surface area contributed by atoms with Crippen LogP contribution in [0, 0.1) is 18.3 Å². The summed E-state index contributed by atoms with van der Waals surface area (Å²) in [6, 6.07) is 15.0. The van der Waals surface area contributed by atoms with Crippen molar-refractivity contribution in [2.24, 2.45) is 0 Å². The Morgan fingerprint density at radius 2 is 1.81 bits per heavy atom. The minimum absolute atomic E-state index is 0.0473. The molecule has 0 radical (unpaired) electrons. The first-order chi connectivity index (χ1) is 10.0. The van der Waals surface area contributed by atoms with Gasteiger partial charge in [-0.1, -0.05) is 18.2 Å². The van der Waals surface area contributed by atoms with Crippen molar-refractivity contribution in [3.05, 3.63) is 54.1 Å². The van der Waals surface area contributed by atoms with E-state index in [2.05, 4.69) is 4.72 Å². The highest BCUT2D eigenvalue weighted by Crippen LogP contribution is 2.21. The van der Waals surface area contributed by atoms with Crippen molar-refractivity contribution in [2.75, 3.05) is 11.3 Å². The van der Waals surface area contributed by atoms with Crippen LogP contribution < -0.4 is 9.46 Å². The summed E-state index contributed by atoms with van der Waals surface area (Å²) in [5.74, 6) is 0.510. The maximum atomic E-state index is 12.3. The van der Waals surface area contributed by atoms with E-state index in [0.717, 1.165) is 0 Å². The molecule has 0 saturated heterocycles. The van der Waals surface area contributed by atoms with Gasteiger partial charge in [0.25, 0.3) is 10.0 Å². The van der Waals surface area contributed by atoms with E-state index in [1.807, 2.05) is 6.07 Å². The summed E-state index contributed by atoms with van der Waals surface area (Å²) in [4.78, 5) is 0.245. The Hall–Kier alpha value is -2.52. The fourth-order valence-corrected chi connectivity index (χ4v) is 3.11. The summed E-state index contributed by atoms with van der Waals surface area (Å²) in [5, 5.41) is 8.42. The molecule has 0 saturated carbocycles. The summed E-state index contributed by atoms with van der Waals surface area (Å²) in [5.41, 5.74) is 1.11. The number of nitriles is 1. The lowest BCUT2D eigenvalue weighted by molar-refractivity contribution is 0.368. The number of aryl methyl sites for hydroxylation is 1. The molecule has 21 heavy (non-hydrogen) atoms. The Labute approximate surface area is 123 Å². The van der Waals surface area contributed by atoms with Gasteiger partial charge in [-0.15, -0.1) is 0 Å². The van der Waals surface area contributed by atoms with Gasteiger partial charge in [0.15, 0.2) is 6.61 Å². The Bertz CT molecular complexity index is 762. The summed E-state index contributed by atoms with van der Waals surface area (Å²) in [6.45, 7) is 1.70. The predicted molar refractivity (Wildman–Crippen MR) is 79.5 cm³/mol. The van der Waals surface area contributed by atoms with Crippen LogP contribution >= 0.6 is 0 Å². The molecule has 108 valence electrons. The fourth-order valence-electron chi connectivity index (χ4n) is 1.80. The number of hydrogen-bond acceptors (Lipinski definition) is 4. The number of ether oxygens (including phenoxy) is 1. The van der Waals surface area contributed by atoms with Crippen LogP contribution in [-0.4, -0.2) is 15.0 Å². The molecule has 2 rings (SSSR count). The first-order valence-electron chi connectivity index (χ1n) is 6.21. The van der Waals surface area contributed by atoms with Crippen molar-refractivity contribution in [3.63, 3.8) is 0 Å². The number of hydrogen-bond donors (Lipinski definition) is 1. The first kappa shape index (κ1) is 14.9. The molecule has 0 atom stereocenters. The molecule has 6 heteroatoms. The smallest absolute Gasteiger partial charge is 0.262 e. The Balaban J connectivity index is 2.18. The van der Waals surface area contributed by atoms with Crippen LogP contribution in [0.25, 0.3) is 0 Å². The van der Waals surface area contributed by atoms with Crippen molar-refractivity contribution < 1.29 is 13.2 Å². The molecule has 0 aliphatic carbocycles. The lowest BCUT2D eigenvalue weighted by Crippen LogP contribution is -2.14. The largest absolute Gasteiger partial charge is 0.479 e. The minimum atomic E-state index is -3.62.